The predicted octanol–water partition coefficient (Wildman–Crippen LogP) is 2.25. The lowest BCUT2D eigenvalue weighted by molar-refractivity contribution is -0.124. The predicted molar refractivity (Wildman–Crippen MR) is 75.7 cm³/mol. The molecule has 4 nitrogen and oxygen atoms in total. The molecule has 0 aliphatic carbocycles. The topological polar surface area (TPSA) is 47.6 Å². The molecule has 108 valence electrons. The highest BCUT2D eigenvalue weighted by Gasteiger charge is 2.39. The van der Waals surface area contributed by atoms with Crippen LogP contribution in [-0.4, -0.2) is 32.0 Å². The quantitative estimate of drug-likeness (QED) is 0.930. The molecule has 2 aliphatic rings. The standard InChI is InChI=1S/C15H18ClNO3/c16-12-3-1-11(2-4-12)15(6-5-13(18)17-10-15)9-14-19-7-8-20-14/h1-4,14H,5-10H2,(H,17,18)/t15-/m1/s1. The number of rotatable bonds is 3. The van der Waals surface area contributed by atoms with Crippen LogP contribution in [0.4, 0.5) is 0 Å². The van der Waals surface area contributed by atoms with Crippen LogP contribution in [0.3, 0.4) is 0 Å². The van der Waals surface area contributed by atoms with E-state index in [1.807, 2.05) is 24.3 Å². The second-order valence-electron chi connectivity index (χ2n) is 5.44. The van der Waals surface area contributed by atoms with Gasteiger partial charge >= 0.3 is 0 Å². The normalized spacial score (nSPS) is 27.6. The number of carbonyl (C=O) groups excluding carboxylic acids is 1. The molecule has 1 N–H and O–H groups in total. The SMILES string of the molecule is O=C1CC[C@](CC2OCCO2)(c2ccc(Cl)cc2)CN1. The molecule has 2 saturated heterocycles. The van der Waals surface area contributed by atoms with Gasteiger partial charge in [0.05, 0.1) is 13.2 Å². The van der Waals surface area contributed by atoms with Crippen LogP contribution in [0.5, 0.6) is 0 Å². The summed E-state index contributed by atoms with van der Waals surface area (Å²) in [5.41, 5.74) is 1.05. The molecule has 0 aromatic heterocycles. The Labute approximate surface area is 123 Å². The van der Waals surface area contributed by atoms with Crippen molar-refractivity contribution < 1.29 is 14.3 Å². The second kappa shape index (κ2) is 5.72. The van der Waals surface area contributed by atoms with Gasteiger partial charge in [0.1, 0.15) is 0 Å². The molecule has 2 heterocycles. The number of hydrogen-bond donors (Lipinski definition) is 1. The first-order valence-corrected chi connectivity index (χ1v) is 7.32. The first-order chi connectivity index (χ1) is 9.68. The highest BCUT2D eigenvalue weighted by Crippen LogP contribution is 2.38. The van der Waals surface area contributed by atoms with E-state index in [9.17, 15) is 4.79 Å². The molecular weight excluding hydrogens is 278 g/mol. The van der Waals surface area contributed by atoms with Crippen molar-refractivity contribution in [3.05, 3.63) is 34.9 Å². The van der Waals surface area contributed by atoms with Crippen molar-refractivity contribution in [1.82, 2.24) is 5.32 Å². The lowest BCUT2D eigenvalue weighted by Gasteiger charge is -2.39. The Hall–Kier alpha value is -1.10. The Morgan fingerprint density at radius 1 is 1.25 bits per heavy atom. The van der Waals surface area contributed by atoms with Gasteiger partial charge in [-0.2, -0.15) is 0 Å². The summed E-state index contributed by atoms with van der Waals surface area (Å²) in [5.74, 6) is 0.114. The summed E-state index contributed by atoms with van der Waals surface area (Å²) in [6.07, 6.45) is 1.93. The van der Waals surface area contributed by atoms with E-state index in [4.69, 9.17) is 21.1 Å². The van der Waals surface area contributed by atoms with Crippen LogP contribution in [0.25, 0.3) is 0 Å². The molecule has 20 heavy (non-hydrogen) atoms. The van der Waals surface area contributed by atoms with Crippen LogP contribution in [0, 0.1) is 0 Å². The molecule has 2 aliphatic heterocycles. The van der Waals surface area contributed by atoms with Crippen molar-refractivity contribution >= 4 is 17.5 Å². The molecular formula is C15H18ClNO3. The van der Waals surface area contributed by atoms with Gasteiger partial charge < -0.3 is 14.8 Å². The summed E-state index contributed by atoms with van der Waals surface area (Å²) in [5, 5.41) is 3.70. The Balaban J connectivity index is 1.85. The van der Waals surface area contributed by atoms with E-state index in [2.05, 4.69) is 5.32 Å². The number of carbonyl (C=O) groups is 1. The monoisotopic (exact) mass is 295 g/mol. The van der Waals surface area contributed by atoms with Gasteiger partial charge in [-0.05, 0) is 24.1 Å². The molecule has 1 atom stereocenters. The van der Waals surface area contributed by atoms with E-state index in [1.165, 1.54) is 5.56 Å². The van der Waals surface area contributed by atoms with Crippen LogP contribution < -0.4 is 5.32 Å². The van der Waals surface area contributed by atoms with Crippen molar-refractivity contribution in [2.75, 3.05) is 19.8 Å². The van der Waals surface area contributed by atoms with Crippen molar-refractivity contribution in [3.63, 3.8) is 0 Å². The smallest absolute Gasteiger partial charge is 0.220 e. The highest BCUT2D eigenvalue weighted by molar-refractivity contribution is 6.30. The molecule has 5 heteroatoms. The first kappa shape index (κ1) is 13.9. The zero-order chi connectivity index (χ0) is 14.0. The first-order valence-electron chi connectivity index (χ1n) is 6.94. The maximum atomic E-state index is 11.5. The van der Waals surface area contributed by atoms with E-state index >= 15 is 0 Å². The number of benzene rings is 1. The van der Waals surface area contributed by atoms with Gasteiger partial charge in [0.25, 0.3) is 0 Å². The molecule has 1 aromatic rings. The zero-order valence-corrected chi connectivity index (χ0v) is 12.0. The number of piperidine rings is 1. The van der Waals surface area contributed by atoms with Crippen molar-refractivity contribution in [2.24, 2.45) is 0 Å². The van der Waals surface area contributed by atoms with Gasteiger partial charge in [0, 0.05) is 29.8 Å². The maximum absolute atomic E-state index is 11.5. The highest BCUT2D eigenvalue weighted by atomic mass is 35.5. The lowest BCUT2D eigenvalue weighted by atomic mass is 9.72. The van der Waals surface area contributed by atoms with Gasteiger partial charge in [0.2, 0.25) is 5.91 Å². The van der Waals surface area contributed by atoms with E-state index in [0.717, 1.165) is 17.9 Å². The Bertz CT molecular complexity index is 472. The van der Waals surface area contributed by atoms with Gasteiger partial charge in [0.15, 0.2) is 6.29 Å². The van der Waals surface area contributed by atoms with Gasteiger partial charge in [-0.3, -0.25) is 4.79 Å². The molecule has 0 bridgehead atoms. The summed E-state index contributed by atoms with van der Waals surface area (Å²) < 4.78 is 11.2. The molecule has 0 radical (unpaired) electrons. The average molecular weight is 296 g/mol. The summed E-state index contributed by atoms with van der Waals surface area (Å²) >= 11 is 5.97. The number of amides is 1. The largest absolute Gasteiger partial charge is 0.355 e. The van der Waals surface area contributed by atoms with E-state index in [1.54, 1.807) is 0 Å². The van der Waals surface area contributed by atoms with Crippen LogP contribution in [0.15, 0.2) is 24.3 Å². The molecule has 1 amide bonds. The summed E-state index contributed by atoms with van der Waals surface area (Å²) in [6.45, 7) is 1.91. The van der Waals surface area contributed by atoms with Gasteiger partial charge in [-0.15, -0.1) is 0 Å². The Morgan fingerprint density at radius 2 is 1.95 bits per heavy atom. The Kier molecular flexibility index (Phi) is 3.96. The molecule has 0 spiro atoms. The summed E-state index contributed by atoms with van der Waals surface area (Å²) in [7, 11) is 0. The maximum Gasteiger partial charge on any atom is 0.220 e. The van der Waals surface area contributed by atoms with Crippen LogP contribution >= 0.6 is 11.6 Å². The molecule has 3 rings (SSSR count). The number of nitrogens with one attached hydrogen (secondary N) is 1. The molecule has 1 aromatic carbocycles. The molecule has 2 fully saturated rings. The number of halogens is 1. The Morgan fingerprint density at radius 3 is 2.55 bits per heavy atom. The van der Waals surface area contributed by atoms with Gasteiger partial charge in [-0.25, -0.2) is 0 Å². The van der Waals surface area contributed by atoms with Crippen molar-refractivity contribution in [1.29, 1.82) is 0 Å². The van der Waals surface area contributed by atoms with E-state index < -0.39 is 0 Å². The fraction of sp³-hybridized carbons (Fsp3) is 0.533. The second-order valence-corrected chi connectivity index (χ2v) is 5.88. The van der Waals surface area contributed by atoms with Gasteiger partial charge in [-0.1, -0.05) is 23.7 Å². The van der Waals surface area contributed by atoms with Crippen LogP contribution in [-0.2, 0) is 19.7 Å². The summed E-state index contributed by atoms with van der Waals surface area (Å²) in [4.78, 5) is 11.5. The number of hydrogen-bond acceptors (Lipinski definition) is 3. The van der Waals surface area contributed by atoms with Crippen LogP contribution in [0.2, 0.25) is 5.02 Å². The number of ether oxygens (including phenoxy) is 2. The minimum Gasteiger partial charge on any atom is -0.355 e. The van der Waals surface area contributed by atoms with E-state index in [-0.39, 0.29) is 17.6 Å². The molecule has 0 unspecified atom stereocenters. The minimum atomic E-state index is -0.180. The van der Waals surface area contributed by atoms with Crippen molar-refractivity contribution in [2.45, 2.75) is 31.0 Å². The van der Waals surface area contributed by atoms with E-state index in [0.29, 0.717) is 26.2 Å². The fourth-order valence-corrected chi connectivity index (χ4v) is 3.11. The third-order valence-electron chi connectivity index (χ3n) is 4.16. The summed E-state index contributed by atoms with van der Waals surface area (Å²) in [6, 6.07) is 7.86. The fourth-order valence-electron chi connectivity index (χ4n) is 2.98. The minimum absolute atomic E-state index is 0.114. The third kappa shape index (κ3) is 2.82. The lowest BCUT2D eigenvalue weighted by Crippen LogP contribution is -2.48. The zero-order valence-electron chi connectivity index (χ0n) is 11.2. The average Bonchev–Trinajstić information content (AvgIpc) is 2.95. The van der Waals surface area contributed by atoms with Crippen LogP contribution in [0.1, 0.15) is 24.8 Å². The van der Waals surface area contributed by atoms with Crippen molar-refractivity contribution in [3.8, 4) is 0 Å². The molecule has 0 saturated carbocycles. The third-order valence-corrected chi connectivity index (χ3v) is 4.41.